The third-order valence-electron chi connectivity index (χ3n) is 3.78. The lowest BCUT2D eigenvalue weighted by Gasteiger charge is -1.99. The van der Waals surface area contributed by atoms with Gasteiger partial charge in [0.05, 0.1) is 10.9 Å². The summed E-state index contributed by atoms with van der Waals surface area (Å²) in [6.45, 7) is 1.96. The summed E-state index contributed by atoms with van der Waals surface area (Å²) in [5.74, 6) is 0. The molecule has 112 valence electrons. The maximum Gasteiger partial charge on any atom is 0.199 e. The molecule has 0 N–H and O–H groups in total. The van der Waals surface area contributed by atoms with Crippen LogP contribution >= 0.6 is 0 Å². The first-order chi connectivity index (χ1) is 11.2. The van der Waals surface area contributed by atoms with E-state index in [2.05, 4.69) is 5.16 Å². The normalized spacial score (nSPS) is 11.7. The molecule has 0 aliphatic rings. The number of nitrogens with zero attached hydrogens (tertiary/aromatic N) is 1. The lowest BCUT2D eigenvalue weighted by Crippen LogP contribution is -2.04. The number of benzene rings is 2. The minimum atomic E-state index is -0.0599. The van der Waals surface area contributed by atoms with Crippen LogP contribution in [0, 0.1) is 6.92 Å². The molecule has 2 aromatic heterocycles. The molecule has 2 heterocycles. The van der Waals surface area contributed by atoms with Gasteiger partial charge in [0.2, 0.25) is 0 Å². The zero-order valence-corrected chi connectivity index (χ0v) is 12.4. The van der Waals surface area contributed by atoms with Crippen LogP contribution in [0.2, 0.25) is 0 Å². The molecule has 2 aromatic carbocycles. The van der Waals surface area contributed by atoms with E-state index in [1.165, 1.54) is 6.26 Å². The molecule has 23 heavy (non-hydrogen) atoms. The first-order valence-electron chi connectivity index (χ1n) is 7.27. The van der Waals surface area contributed by atoms with Gasteiger partial charge in [-0.2, -0.15) is 0 Å². The third-order valence-corrected chi connectivity index (χ3v) is 3.78. The maximum absolute atomic E-state index is 12.5. The van der Waals surface area contributed by atoms with Gasteiger partial charge in [-0.25, -0.2) is 0 Å². The summed E-state index contributed by atoms with van der Waals surface area (Å²) < 4.78 is 10.8. The van der Waals surface area contributed by atoms with Crippen molar-refractivity contribution in [3.05, 3.63) is 75.8 Å². The second-order valence-corrected chi connectivity index (χ2v) is 5.42. The zero-order valence-electron chi connectivity index (χ0n) is 12.4. The molecule has 0 amide bonds. The zero-order chi connectivity index (χ0) is 15.8. The monoisotopic (exact) mass is 303 g/mol. The van der Waals surface area contributed by atoms with Crippen LogP contribution in [0.15, 0.2) is 62.5 Å². The molecule has 0 saturated carbocycles. The molecule has 0 saturated heterocycles. The molecule has 0 spiro atoms. The fraction of sp³-hybridized carbons (Fsp3) is 0.0526. The predicted molar refractivity (Wildman–Crippen MR) is 90.2 cm³/mol. The first kappa shape index (κ1) is 13.5. The Morgan fingerprint density at radius 3 is 2.78 bits per heavy atom. The van der Waals surface area contributed by atoms with Crippen molar-refractivity contribution in [2.75, 3.05) is 0 Å². The number of fused-ring (bicyclic) bond motifs is 2. The molecule has 4 rings (SSSR count). The van der Waals surface area contributed by atoms with E-state index in [0.29, 0.717) is 27.8 Å². The summed E-state index contributed by atoms with van der Waals surface area (Å²) >= 11 is 0. The minimum Gasteiger partial charge on any atom is -0.463 e. The van der Waals surface area contributed by atoms with Crippen molar-refractivity contribution in [2.45, 2.75) is 6.92 Å². The Morgan fingerprint density at radius 2 is 1.87 bits per heavy atom. The summed E-state index contributed by atoms with van der Waals surface area (Å²) in [6.07, 6.45) is 4.94. The van der Waals surface area contributed by atoms with Crippen LogP contribution in [-0.2, 0) is 0 Å². The highest BCUT2D eigenvalue weighted by Crippen LogP contribution is 2.20. The van der Waals surface area contributed by atoms with E-state index in [1.807, 2.05) is 43.3 Å². The van der Waals surface area contributed by atoms with Crippen LogP contribution in [-0.4, -0.2) is 5.16 Å². The van der Waals surface area contributed by atoms with Crippen molar-refractivity contribution in [1.29, 1.82) is 0 Å². The smallest absolute Gasteiger partial charge is 0.199 e. The fourth-order valence-electron chi connectivity index (χ4n) is 2.56. The highest BCUT2D eigenvalue weighted by atomic mass is 16.5. The van der Waals surface area contributed by atoms with Gasteiger partial charge in [-0.05, 0) is 48.9 Å². The van der Waals surface area contributed by atoms with Crippen molar-refractivity contribution >= 4 is 34.1 Å². The van der Waals surface area contributed by atoms with E-state index >= 15 is 0 Å². The largest absolute Gasteiger partial charge is 0.463 e. The number of aromatic nitrogens is 1. The molecular weight excluding hydrogens is 290 g/mol. The highest BCUT2D eigenvalue weighted by molar-refractivity contribution is 5.88. The van der Waals surface area contributed by atoms with Crippen molar-refractivity contribution in [2.24, 2.45) is 0 Å². The van der Waals surface area contributed by atoms with E-state index in [0.717, 1.165) is 10.9 Å². The van der Waals surface area contributed by atoms with Gasteiger partial charge in [-0.3, -0.25) is 4.79 Å². The second kappa shape index (κ2) is 5.25. The molecule has 0 atom stereocenters. The van der Waals surface area contributed by atoms with Crippen LogP contribution in [0.1, 0.15) is 16.8 Å². The average molecular weight is 303 g/mol. The van der Waals surface area contributed by atoms with E-state index in [1.54, 1.807) is 18.2 Å². The minimum absolute atomic E-state index is 0.0599. The van der Waals surface area contributed by atoms with Crippen molar-refractivity contribution in [3.63, 3.8) is 0 Å². The molecule has 4 heteroatoms. The van der Waals surface area contributed by atoms with Crippen molar-refractivity contribution < 1.29 is 8.94 Å². The Bertz CT molecular complexity index is 1100. The summed E-state index contributed by atoms with van der Waals surface area (Å²) in [5.41, 5.74) is 3.47. The third kappa shape index (κ3) is 2.34. The fourth-order valence-corrected chi connectivity index (χ4v) is 2.56. The molecule has 0 radical (unpaired) electrons. The standard InChI is InChI=1S/C19H13NO3/c1-12-6-8-15-18(10-12)22-11-13(19(15)21)7-9-16-14-4-2-3-5-17(14)23-20-16/h2-11H,1H3/b9-7+. The first-order valence-corrected chi connectivity index (χ1v) is 7.27. The topological polar surface area (TPSA) is 56.2 Å². The van der Waals surface area contributed by atoms with E-state index in [4.69, 9.17) is 8.94 Å². The van der Waals surface area contributed by atoms with Gasteiger partial charge in [0.25, 0.3) is 0 Å². The molecule has 0 bridgehead atoms. The summed E-state index contributed by atoms with van der Waals surface area (Å²) in [6, 6.07) is 13.1. The highest BCUT2D eigenvalue weighted by Gasteiger charge is 2.07. The Kier molecular flexibility index (Phi) is 3.08. The molecular formula is C19H13NO3. The van der Waals surface area contributed by atoms with Gasteiger partial charge in [0, 0.05) is 5.39 Å². The Morgan fingerprint density at radius 1 is 1.00 bits per heavy atom. The van der Waals surface area contributed by atoms with Crippen LogP contribution in [0.25, 0.3) is 34.1 Å². The van der Waals surface area contributed by atoms with Crippen molar-refractivity contribution in [1.82, 2.24) is 5.16 Å². The van der Waals surface area contributed by atoms with Gasteiger partial charge in [0.1, 0.15) is 17.5 Å². The average Bonchev–Trinajstić information content (AvgIpc) is 2.97. The molecule has 4 aromatic rings. The summed E-state index contributed by atoms with van der Waals surface area (Å²) in [4.78, 5) is 12.5. The number of hydrogen-bond donors (Lipinski definition) is 0. The number of aryl methyl sites for hydroxylation is 1. The summed E-state index contributed by atoms with van der Waals surface area (Å²) in [5, 5.41) is 5.50. The maximum atomic E-state index is 12.5. The van der Waals surface area contributed by atoms with Crippen LogP contribution in [0.5, 0.6) is 0 Å². The lowest BCUT2D eigenvalue weighted by atomic mass is 10.1. The second-order valence-electron chi connectivity index (χ2n) is 5.42. The van der Waals surface area contributed by atoms with Gasteiger partial charge in [0.15, 0.2) is 11.0 Å². The molecule has 0 unspecified atom stereocenters. The van der Waals surface area contributed by atoms with E-state index < -0.39 is 0 Å². The van der Waals surface area contributed by atoms with Crippen LogP contribution in [0.4, 0.5) is 0 Å². The molecule has 4 nitrogen and oxygen atoms in total. The molecule has 0 fully saturated rings. The van der Waals surface area contributed by atoms with Gasteiger partial charge in [-0.1, -0.05) is 23.4 Å². The van der Waals surface area contributed by atoms with Gasteiger partial charge in [-0.15, -0.1) is 0 Å². The Hall–Kier alpha value is -3.14. The Labute approximate surface area is 131 Å². The lowest BCUT2D eigenvalue weighted by molar-refractivity contribution is 0.454. The molecule has 0 aliphatic carbocycles. The van der Waals surface area contributed by atoms with Crippen LogP contribution < -0.4 is 5.43 Å². The number of rotatable bonds is 2. The van der Waals surface area contributed by atoms with Crippen LogP contribution in [0.3, 0.4) is 0 Å². The Balaban J connectivity index is 1.79. The molecule has 0 aliphatic heterocycles. The van der Waals surface area contributed by atoms with E-state index in [-0.39, 0.29) is 5.43 Å². The summed E-state index contributed by atoms with van der Waals surface area (Å²) in [7, 11) is 0. The predicted octanol–water partition coefficient (Wildman–Crippen LogP) is 4.41. The number of para-hydroxylation sites is 1. The van der Waals surface area contributed by atoms with Gasteiger partial charge < -0.3 is 8.94 Å². The van der Waals surface area contributed by atoms with Gasteiger partial charge >= 0.3 is 0 Å². The quantitative estimate of drug-likeness (QED) is 0.550. The number of hydrogen-bond acceptors (Lipinski definition) is 4. The SMILES string of the molecule is Cc1ccc2c(=O)c(/C=C/c3noc4ccccc34)coc2c1. The van der Waals surface area contributed by atoms with Crippen molar-refractivity contribution in [3.8, 4) is 0 Å². The van der Waals surface area contributed by atoms with E-state index in [9.17, 15) is 4.79 Å².